The summed E-state index contributed by atoms with van der Waals surface area (Å²) in [6.07, 6.45) is 0.364. The van der Waals surface area contributed by atoms with Gasteiger partial charge >= 0.3 is 0 Å². The summed E-state index contributed by atoms with van der Waals surface area (Å²) >= 11 is 0. The zero-order chi connectivity index (χ0) is 21.2. The summed E-state index contributed by atoms with van der Waals surface area (Å²) in [6, 6.07) is 3.55. The number of likely N-dealkylation sites (N-methyl/N-ethyl adjacent to an activating group) is 1. The third-order valence-electron chi connectivity index (χ3n) is 6.25. The molecule has 9 heteroatoms. The first kappa shape index (κ1) is 19.2. The van der Waals surface area contributed by atoms with Crippen molar-refractivity contribution in [1.29, 1.82) is 0 Å². The van der Waals surface area contributed by atoms with Crippen molar-refractivity contribution >= 4 is 23.2 Å². The molecule has 3 aliphatic carbocycles. The third-order valence-corrected chi connectivity index (χ3v) is 6.25. The fourth-order valence-corrected chi connectivity index (χ4v) is 4.95. The maximum absolute atomic E-state index is 13.4. The molecule has 1 aromatic rings. The maximum atomic E-state index is 13.4. The topological polar surface area (TPSA) is 170 Å². The van der Waals surface area contributed by atoms with E-state index in [9.17, 15) is 34.8 Å². The molecule has 152 valence electrons. The van der Waals surface area contributed by atoms with E-state index >= 15 is 0 Å². The second kappa shape index (κ2) is 6.16. The minimum absolute atomic E-state index is 0.0735. The Bertz CT molecular complexity index is 1040. The number of hydrogen-bond acceptors (Lipinski definition) is 8. The van der Waals surface area contributed by atoms with Gasteiger partial charge in [-0.1, -0.05) is 12.1 Å². The Hall–Kier alpha value is -3.17. The van der Waals surface area contributed by atoms with Crippen LogP contribution in [0.5, 0.6) is 5.75 Å². The van der Waals surface area contributed by atoms with Gasteiger partial charge in [-0.05, 0) is 37.4 Å². The molecule has 0 bridgehead atoms. The number of phenols is 1. The van der Waals surface area contributed by atoms with Crippen LogP contribution in [0.3, 0.4) is 0 Å². The van der Waals surface area contributed by atoms with Crippen molar-refractivity contribution in [3.8, 4) is 5.75 Å². The summed E-state index contributed by atoms with van der Waals surface area (Å²) in [4.78, 5) is 37.8. The largest absolute Gasteiger partial charge is 0.508 e. The highest BCUT2D eigenvalue weighted by molar-refractivity contribution is 6.24. The molecule has 3 aliphatic rings. The molecule has 0 aliphatic heterocycles. The van der Waals surface area contributed by atoms with Crippen molar-refractivity contribution < 1.29 is 34.8 Å². The van der Waals surface area contributed by atoms with Crippen LogP contribution in [0, 0.1) is 11.8 Å². The summed E-state index contributed by atoms with van der Waals surface area (Å²) in [6.45, 7) is 0. The van der Waals surface area contributed by atoms with E-state index in [1.807, 2.05) is 0 Å². The number of ketones is 2. The molecule has 1 fully saturated rings. The van der Waals surface area contributed by atoms with Crippen LogP contribution < -0.4 is 11.1 Å². The van der Waals surface area contributed by atoms with Crippen molar-refractivity contribution in [2.24, 2.45) is 17.6 Å². The van der Waals surface area contributed by atoms with Gasteiger partial charge in [0.15, 0.2) is 11.4 Å². The number of fused-ring (bicyclic) bond motifs is 3. The molecule has 7 N–H and O–H groups in total. The zero-order valence-electron chi connectivity index (χ0n) is 15.5. The predicted molar refractivity (Wildman–Crippen MR) is 99.6 cm³/mol. The third kappa shape index (κ3) is 2.31. The molecule has 1 amide bonds. The van der Waals surface area contributed by atoms with Crippen LogP contribution in [0.4, 0.5) is 0 Å². The average molecular weight is 400 g/mol. The predicted octanol–water partition coefficient (Wildman–Crippen LogP) is -0.378. The first-order valence-corrected chi connectivity index (χ1v) is 9.11. The molecule has 29 heavy (non-hydrogen) atoms. The highest BCUT2D eigenvalue weighted by Crippen LogP contribution is 2.51. The Morgan fingerprint density at radius 3 is 2.55 bits per heavy atom. The molecular weight excluding hydrogens is 380 g/mol. The van der Waals surface area contributed by atoms with Crippen LogP contribution in [0.2, 0.25) is 0 Å². The fraction of sp³-hybridized carbons (Fsp3) is 0.350. The lowest BCUT2D eigenvalue weighted by Gasteiger charge is -2.48. The van der Waals surface area contributed by atoms with E-state index in [1.54, 1.807) is 12.1 Å². The maximum Gasteiger partial charge on any atom is 0.255 e. The number of Topliss-reactive ketones (excluding diaryl/α,β-unsaturated/α-hetero) is 2. The Labute approximate surface area is 165 Å². The smallest absolute Gasteiger partial charge is 0.255 e. The highest BCUT2D eigenvalue weighted by Gasteiger charge is 2.63. The van der Waals surface area contributed by atoms with E-state index in [2.05, 4.69) is 5.32 Å². The van der Waals surface area contributed by atoms with Crippen LogP contribution in [-0.4, -0.2) is 56.6 Å². The molecule has 1 saturated carbocycles. The summed E-state index contributed by atoms with van der Waals surface area (Å²) < 4.78 is 0. The molecule has 4 atom stereocenters. The number of primary amides is 1. The van der Waals surface area contributed by atoms with E-state index in [4.69, 9.17) is 5.73 Å². The highest BCUT2D eigenvalue weighted by atomic mass is 16.3. The van der Waals surface area contributed by atoms with Gasteiger partial charge in [0, 0.05) is 11.5 Å². The van der Waals surface area contributed by atoms with Gasteiger partial charge in [0.25, 0.3) is 5.91 Å². The lowest BCUT2D eigenvalue weighted by atomic mass is 9.57. The fourth-order valence-electron chi connectivity index (χ4n) is 4.95. The Morgan fingerprint density at radius 2 is 1.93 bits per heavy atom. The van der Waals surface area contributed by atoms with E-state index in [1.165, 1.54) is 13.1 Å². The Balaban J connectivity index is 1.97. The van der Waals surface area contributed by atoms with Crippen LogP contribution in [0.1, 0.15) is 17.5 Å². The number of amides is 1. The first-order chi connectivity index (χ1) is 13.6. The van der Waals surface area contributed by atoms with E-state index in [0.29, 0.717) is 12.0 Å². The number of phenolic OH excluding ortho intramolecular Hbond substituents is 1. The van der Waals surface area contributed by atoms with Crippen molar-refractivity contribution in [2.75, 3.05) is 7.05 Å². The van der Waals surface area contributed by atoms with Gasteiger partial charge < -0.3 is 31.5 Å². The lowest BCUT2D eigenvalue weighted by molar-refractivity contribution is -0.150. The number of aliphatic hydroxyl groups is 3. The number of aromatic hydroxyl groups is 1. The summed E-state index contributed by atoms with van der Waals surface area (Å²) in [5, 5.41) is 45.5. The standard InChI is InChI=1S/C20H20N2O7/c1-22-14-9-6-8-5-7-3-2-4-10(23)11(7)15(24)12(8)17(26)20(9,29)18(27)13(16(14)25)19(21)28/h2-4,8-9,14,22-24,27,29H,5-6H2,1H3,(H2,21,28)/t8-,9-,14+,20-/m0/s1. The van der Waals surface area contributed by atoms with Crippen LogP contribution in [0.25, 0.3) is 5.76 Å². The van der Waals surface area contributed by atoms with Crippen molar-refractivity contribution in [3.05, 3.63) is 46.2 Å². The van der Waals surface area contributed by atoms with Gasteiger partial charge in [0.05, 0.1) is 11.6 Å². The molecule has 0 spiro atoms. The number of aliphatic hydroxyl groups excluding tert-OH is 2. The van der Waals surface area contributed by atoms with Crippen molar-refractivity contribution in [3.63, 3.8) is 0 Å². The van der Waals surface area contributed by atoms with Crippen LogP contribution in [0.15, 0.2) is 35.1 Å². The molecule has 0 saturated heterocycles. The van der Waals surface area contributed by atoms with E-state index < -0.39 is 58.0 Å². The number of benzene rings is 1. The van der Waals surface area contributed by atoms with Gasteiger partial charge in [0.1, 0.15) is 22.8 Å². The van der Waals surface area contributed by atoms with Gasteiger partial charge in [-0.2, -0.15) is 0 Å². The van der Waals surface area contributed by atoms with Crippen molar-refractivity contribution in [1.82, 2.24) is 5.32 Å². The quantitative estimate of drug-likeness (QED) is 0.365. The molecule has 0 unspecified atom stereocenters. The molecule has 0 heterocycles. The molecule has 9 nitrogen and oxygen atoms in total. The van der Waals surface area contributed by atoms with Crippen LogP contribution in [-0.2, 0) is 20.8 Å². The van der Waals surface area contributed by atoms with Gasteiger partial charge in [0.2, 0.25) is 5.78 Å². The lowest BCUT2D eigenvalue weighted by Crippen LogP contribution is -2.65. The van der Waals surface area contributed by atoms with E-state index in [-0.39, 0.29) is 23.3 Å². The Morgan fingerprint density at radius 1 is 1.24 bits per heavy atom. The van der Waals surface area contributed by atoms with Gasteiger partial charge in [-0.3, -0.25) is 14.4 Å². The average Bonchev–Trinajstić information content (AvgIpc) is 2.65. The number of carbonyl (C=O) groups excluding carboxylic acids is 3. The first-order valence-electron chi connectivity index (χ1n) is 9.11. The molecular formula is C20H20N2O7. The van der Waals surface area contributed by atoms with Crippen molar-refractivity contribution in [2.45, 2.75) is 24.5 Å². The molecule has 1 aromatic carbocycles. The molecule has 0 radical (unpaired) electrons. The number of nitrogens with two attached hydrogens (primary N) is 1. The Kier molecular flexibility index (Phi) is 4.07. The summed E-state index contributed by atoms with van der Waals surface area (Å²) in [5.41, 5.74) is 2.32. The molecule has 4 rings (SSSR count). The monoisotopic (exact) mass is 400 g/mol. The summed E-state index contributed by atoms with van der Waals surface area (Å²) in [7, 11) is 1.44. The number of rotatable bonds is 2. The second-order valence-electron chi connectivity index (χ2n) is 7.63. The minimum Gasteiger partial charge on any atom is -0.508 e. The van der Waals surface area contributed by atoms with Crippen LogP contribution >= 0.6 is 0 Å². The van der Waals surface area contributed by atoms with E-state index in [0.717, 1.165) is 0 Å². The SMILES string of the molecule is CN[C@H]1C(=O)C(C(N)=O)=C(O)[C@@]2(O)C(=O)C3=C(O)c4c(O)cccc4C[C@H]3C[C@@H]12. The number of hydrogen-bond donors (Lipinski definition) is 6. The minimum atomic E-state index is -2.60. The second-order valence-corrected chi connectivity index (χ2v) is 7.63. The number of nitrogens with one attached hydrogen (secondary N) is 1. The van der Waals surface area contributed by atoms with Gasteiger partial charge in [-0.15, -0.1) is 0 Å². The molecule has 0 aromatic heterocycles. The normalized spacial score (nSPS) is 31.3. The number of carbonyl (C=O) groups is 3. The zero-order valence-corrected chi connectivity index (χ0v) is 15.5. The summed E-state index contributed by atoms with van der Waals surface area (Å²) in [5.74, 6) is -6.52. The van der Waals surface area contributed by atoms with Gasteiger partial charge in [-0.25, -0.2) is 0 Å².